The molecule has 0 saturated carbocycles. The van der Waals surface area contributed by atoms with E-state index in [1.807, 2.05) is 0 Å². The molecule has 0 saturated heterocycles. The molecular weight excluding hydrogens is 246 g/mol. The van der Waals surface area contributed by atoms with Crippen molar-refractivity contribution in [2.45, 2.75) is 6.92 Å². The highest BCUT2D eigenvalue weighted by atomic mass is 16.5. The number of ether oxygens (including phenoxy) is 1. The molecular formula is C14H11NO4. The average Bonchev–Trinajstić information content (AvgIpc) is 2.42. The molecule has 2 aromatic carbocycles. The van der Waals surface area contributed by atoms with Gasteiger partial charge in [0.15, 0.2) is 0 Å². The summed E-state index contributed by atoms with van der Waals surface area (Å²) in [6.07, 6.45) is 0. The zero-order valence-corrected chi connectivity index (χ0v) is 10.2. The predicted octanol–water partition coefficient (Wildman–Crippen LogP) is 3.32. The van der Waals surface area contributed by atoms with Gasteiger partial charge in [-0.2, -0.15) is 0 Å². The molecule has 96 valence electrons. The summed E-state index contributed by atoms with van der Waals surface area (Å²) in [7, 11) is 0. The summed E-state index contributed by atoms with van der Waals surface area (Å²) in [5, 5.41) is 12.0. The Morgan fingerprint density at radius 2 is 1.84 bits per heavy atom. The van der Waals surface area contributed by atoms with E-state index in [2.05, 4.69) is 5.18 Å². The van der Waals surface area contributed by atoms with Crippen molar-refractivity contribution in [1.29, 1.82) is 0 Å². The molecule has 5 heteroatoms. The van der Waals surface area contributed by atoms with Crippen LogP contribution in [0.4, 0.5) is 5.69 Å². The van der Waals surface area contributed by atoms with Crippen molar-refractivity contribution in [3.05, 3.63) is 58.5 Å². The second-order valence-electron chi connectivity index (χ2n) is 3.98. The van der Waals surface area contributed by atoms with Crippen LogP contribution in [0.5, 0.6) is 11.5 Å². The molecule has 0 heterocycles. The molecule has 0 spiro atoms. The Bertz CT molecular complexity index is 620. The molecule has 0 aromatic heterocycles. The number of phenols is 1. The Morgan fingerprint density at radius 3 is 2.42 bits per heavy atom. The van der Waals surface area contributed by atoms with Crippen molar-refractivity contribution in [2.24, 2.45) is 5.18 Å². The van der Waals surface area contributed by atoms with E-state index < -0.39 is 5.97 Å². The first-order valence-electron chi connectivity index (χ1n) is 5.55. The zero-order chi connectivity index (χ0) is 13.8. The summed E-state index contributed by atoms with van der Waals surface area (Å²) in [4.78, 5) is 22.1. The van der Waals surface area contributed by atoms with Crippen molar-refractivity contribution in [1.82, 2.24) is 0 Å². The van der Waals surface area contributed by atoms with Crippen LogP contribution in [-0.2, 0) is 0 Å². The van der Waals surface area contributed by atoms with Gasteiger partial charge in [-0.05, 0) is 60.1 Å². The lowest BCUT2D eigenvalue weighted by molar-refractivity contribution is 0.0733. The SMILES string of the molecule is Cc1cc(O)ccc1OC(=O)c1ccc(N=O)cc1. The van der Waals surface area contributed by atoms with Gasteiger partial charge in [0.25, 0.3) is 0 Å². The largest absolute Gasteiger partial charge is 0.508 e. The fourth-order valence-corrected chi connectivity index (χ4v) is 1.57. The van der Waals surface area contributed by atoms with Crippen molar-refractivity contribution in [3.63, 3.8) is 0 Å². The number of nitrogens with zero attached hydrogens (tertiary/aromatic N) is 1. The van der Waals surface area contributed by atoms with E-state index in [9.17, 15) is 14.8 Å². The molecule has 2 rings (SSSR count). The third-order valence-corrected chi connectivity index (χ3v) is 2.57. The van der Waals surface area contributed by atoms with Crippen LogP contribution < -0.4 is 4.74 Å². The summed E-state index contributed by atoms with van der Waals surface area (Å²) < 4.78 is 5.20. The van der Waals surface area contributed by atoms with Crippen LogP contribution in [0.3, 0.4) is 0 Å². The lowest BCUT2D eigenvalue weighted by Crippen LogP contribution is -2.08. The summed E-state index contributed by atoms with van der Waals surface area (Å²) in [5.41, 5.74) is 1.22. The molecule has 5 nitrogen and oxygen atoms in total. The number of rotatable bonds is 3. The molecule has 0 aliphatic carbocycles. The number of phenolic OH excluding ortho intramolecular Hbond substituents is 1. The second-order valence-corrected chi connectivity index (χ2v) is 3.98. The Balaban J connectivity index is 2.17. The van der Waals surface area contributed by atoms with E-state index in [1.54, 1.807) is 6.92 Å². The van der Waals surface area contributed by atoms with Crippen LogP contribution >= 0.6 is 0 Å². The fraction of sp³-hybridized carbons (Fsp3) is 0.0714. The number of aryl methyl sites for hydroxylation is 1. The van der Waals surface area contributed by atoms with Gasteiger partial charge < -0.3 is 9.84 Å². The Labute approximate surface area is 109 Å². The molecule has 19 heavy (non-hydrogen) atoms. The van der Waals surface area contributed by atoms with E-state index in [0.29, 0.717) is 16.9 Å². The Hall–Kier alpha value is -2.69. The summed E-state index contributed by atoms with van der Waals surface area (Å²) in [5.74, 6) is -0.0506. The summed E-state index contributed by atoms with van der Waals surface area (Å²) in [6, 6.07) is 10.3. The van der Waals surface area contributed by atoms with Crippen molar-refractivity contribution in [2.75, 3.05) is 0 Å². The maximum Gasteiger partial charge on any atom is 0.343 e. The highest BCUT2D eigenvalue weighted by Gasteiger charge is 2.10. The average molecular weight is 257 g/mol. The fourth-order valence-electron chi connectivity index (χ4n) is 1.57. The van der Waals surface area contributed by atoms with Gasteiger partial charge in [0.1, 0.15) is 17.2 Å². The maximum absolute atomic E-state index is 11.9. The van der Waals surface area contributed by atoms with Gasteiger partial charge in [-0.25, -0.2) is 4.79 Å². The minimum Gasteiger partial charge on any atom is -0.508 e. The molecule has 0 radical (unpaired) electrons. The van der Waals surface area contributed by atoms with Crippen LogP contribution in [-0.4, -0.2) is 11.1 Å². The maximum atomic E-state index is 11.9. The molecule has 0 aliphatic rings. The molecule has 0 unspecified atom stereocenters. The topological polar surface area (TPSA) is 76.0 Å². The smallest absolute Gasteiger partial charge is 0.343 e. The molecule has 2 aromatic rings. The number of carbonyl (C=O) groups is 1. The molecule has 0 bridgehead atoms. The quantitative estimate of drug-likeness (QED) is 0.520. The van der Waals surface area contributed by atoms with Gasteiger partial charge in [-0.1, -0.05) is 0 Å². The third kappa shape index (κ3) is 2.95. The predicted molar refractivity (Wildman–Crippen MR) is 69.7 cm³/mol. The number of aromatic hydroxyl groups is 1. The van der Waals surface area contributed by atoms with Crippen LogP contribution in [0.15, 0.2) is 47.6 Å². The summed E-state index contributed by atoms with van der Waals surface area (Å²) >= 11 is 0. The van der Waals surface area contributed by atoms with Crippen LogP contribution in [0.25, 0.3) is 0 Å². The van der Waals surface area contributed by atoms with Gasteiger partial charge in [0.2, 0.25) is 0 Å². The number of hydrogen-bond donors (Lipinski definition) is 1. The number of carbonyl (C=O) groups excluding carboxylic acids is 1. The summed E-state index contributed by atoms with van der Waals surface area (Å²) in [6.45, 7) is 1.72. The van der Waals surface area contributed by atoms with Crippen LogP contribution in [0.1, 0.15) is 15.9 Å². The van der Waals surface area contributed by atoms with Crippen molar-refractivity contribution >= 4 is 11.7 Å². The highest BCUT2D eigenvalue weighted by Crippen LogP contribution is 2.23. The third-order valence-electron chi connectivity index (χ3n) is 2.57. The number of nitroso groups, excluding NO2 is 1. The van der Waals surface area contributed by atoms with Gasteiger partial charge in [0.05, 0.1) is 5.56 Å². The first kappa shape index (κ1) is 12.8. The van der Waals surface area contributed by atoms with Gasteiger partial charge in [-0.15, -0.1) is 4.91 Å². The van der Waals surface area contributed by atoms with Gasteiger partial charge in [-0.3, -0.25) is 0 Å². The zero-order valence-electron chi connectivity index (χ0n) is 10.2. The van der Waals surface area contributed by atoms with E-state index in [4.69, 9.17) is 4.74 Å². The number of esters is 1. The minimum atomic E-state index is -0.536. The number of benzene rings is 2. The van der Waals surface area contributed by atoms with E-state index in [0.717, 1.165) is 0 Å². The van der Waals surface area contributed by atoms with Crippen LogP contribution in [0, 0.1) is 11.8 Å². The van der Waals surface area contributed by atoms with Crippen molar-refractivity contribution in [3.8, 4) is 11.5 Å². The van der Waals surface area contributed by atoms with Crippen LogP contribution in [0.2, 0.25) is 0 Å². The molecule has 0 amide bonds. The first-order chi connectivity index (χ1) is 9.10. The standard InChI is InChI=1S/C14H11NO4/c1-9-8-12(16)6-7-13(9)19-14(17)10-2-4-11(15-18)5-3-10/h2-8,16H,1H3. The minimum absolute atomic E-state index is 0.110. The van der Waals surface area contributed by atoms with E-state index >= 15 is 0 Å². The van der Waals surface area contributed by atoms with Crippen molar-refractivity contribution < 1.29 is 14.6 Å². The van der Waals surface area contributed by atoms with Gasteiger partial charge in [0, 0.05) is 0 Å². The van der Waals surface area contributed by atoms with E-state index in [-0.39, 0.29) is 11.4 Å². The normalized spacial score (nSPS) is 9.95. The van der Waals surface area contributed by atoms with Gasteiger partial charge >= 0.3 is 5.97 Å². The first-order valence-corrected chi connectivity index (χ1v) is 5.55. The number of hydrogen-bond acceptors (Lipinski definition) is 5. The Morgan fingerprint density at radius 1 is 1.16 bits per heavy atom. The van der Waals surface area contributed by atoms with E-state index in [1.165, 1.54) is 42.5 Å². The lowest BCUT2D eigenvalue weighted by atomic mass is 10.2. The molecule has 1 N–H and O–H groups in total. The lowest BCUT2D eigenvalue weighted by Gasteiger charge is -2.07. The molecule has 0 fully saturated rings. The monoisotopic (exact) mass is 257 g/mol. The molecule has 0 atom stereocenters. The highest BCUT2D eigenvalue weighted by molar-refractivity contribution is 5.91. The Kier molecular flexibility index (Phi) is 3.56. The second kappa shape index (κ2) is 5.30. The molecule has 0 aliphatic heterocycles.